The van der Waals surface area contributed by atoms with Gasteiger partial charge >= 0.3 is 5.97 Å². The number of methoxy groups -OCH3 is 1. The van der Waals surface area contributed by atoms with Gasteiger partial charge in [-0.05, 0) is 37.8 Å². The third kappa shape index (κ3) is 3.98. The van der Waals surface area contributed by atoms with Gasteiger partial charge in [0, 0.05) is 31.0 Å². The molecule has 0 radical (unpaired) electrons. The van der Waals surface area contributed by atoms with E-state index in [0.717, 1.165) is 12.8 Å². The Labute approximate surface area is 170 Å². The number of fused-ring (bicyclic) bond motifs is 1. The number of ether oxygens (including phenoxy) is 2. The van der Waals surface area contributed by atoms with Crippen molar-refractivity contribution in [3.05, 3.63) is 24.3 Å². The molecule has 8 nitrogen and oxygen atoms in total. The Bertz CT molecular complexity index is 903. The number of rotatable bonds is 3. The van der Waals surface area contributed by atoms with Crippen LogP contribution in [0, 0.1) is 11.3 Å². The van der Waals surface area contributed by atoms with Crippen LogP contribution in [0.5, 0.6) is 5.75 Å². The lowest BCUT2D eigenvalue weighted by Crippen LogP contribution is -2.53. The monoisotopic (exact) mass is 422 g/mol. The Hall–Kier alpha value is -2.13. The summed E-state index contributed by atoms with van der Waals surface area (Å²) >= 11 is 0. The molecule has 0 bridgehead atoms. The lowest BCUT2D eigenvalue weighted by molar-refractivity contribution is -0.141. The average Bonchev–Trinajstić information content (AvgIpc) is 3.57. The third-order valence-corrected chi connectivity index (χ3v) is 7.94. The molecule has 1 spiro atoms. The first-order valence-corrected chi connectivity index (χ1v) is 11.4. The third-order valence-electron chi connectivity index (χ3n) is 6.11. The molecule has 0 atom stereocenters. The van der Waals surface area contributed by atoms with E-state index in [1.165, 1.54) is 17.5 Å². The first-order valence-electron chi connectivity index (χ1n) is 9.92. The minimum Gasteiger partial charge on any atom is -0.492 e. The van der Waals surface area contributed by atoms with Gasteiger partial charge in [0.25, 0.3) is 0 Å². The Kier molecular flexibility index (Phi) is 5.29. The first kappa shape index (κ1) is 20.2. The van der Waals surface area contributed by atoms with Gasteiger partial charge in [-0.25, -0.2) is 8.42 Å². The molecule has 0 unspecified atom stereocenters. The molecule has 4 rings (SSSR count). The lowest BCUT2D eigenvalue weighted by atomic mass is 9.78. The molecule has 1 saturated heterocycles. The summed E-state index contributed by atoms with van der Waals surface area (Å²) in [5.74, 6) is 0.0543. The fraction of sp³-hybridized carbons (Fsp3) is 0.600. The fourth-order valence-electron chi connectivity index (χ4n) is 4.10. The van der Waals surface area contributed by atoms with Gasteiger partial charge in [0.2, 0.25) is 15.9 Å². The number of likely N-dealkylation sites (tertiary alicyclic amines) is 1. The van der Waals surface area contributed by atoms with Gasteiger partial charge < -0.3 is 14.4 Å². The zero-order chi connectivity index (χ0) is 20.6. The molecule has 1 aromatic carbocycles. The number of piperidine rings is 1. The molecule has 2 heterocycles. The van der Waals surface area contributed by atoms with Crippen molar-refractivity contribution in [3.63, 3.8) is 0 Å². The van der Waals surface area contributed by atoms with Crippen molar-refractivity contribution >= 4 is 21.9 Å². The number of esters is 1. The number of carbonyl (C=O) groups is 2. The predicted octanol–water partition coefficient (Wildman–Crippen LogP) is 1.26. The van der Waals surface area contributed by atoms with E-state index in [2.05, 4.69) is 0 Å². The zero-order valence-electron chi connectivity index (χ0n) is 16.5. The van der Waals surface area contributed by atoms with Crippen molar-refractivity contribution < 1.29 is 27.5 Å². The van der Waals surface area contributed by atoms with Gasteiger partial charge in [-0.3, -0.25) is 9.59 Å². The molecule has 1 aliphatic carbocycles. The number of carbonyl (C=O) groups excluding carboxylic acids is 2. The van der Waals surface area contributed by atoms with Crippen LogP contribution < -0.4 is 4.74 Å². The van der Waals surface area contributed by atoms with Crippen LogP contribution in [0.25, 0.3) is 0 Å². The molecule has 3 aliphatic rings. The van der Waals surface area contributed by atoms with E-state index in [9.17, 15) is 18.0 Å². The summed E-state index contributed by atoms with van der Waals surface area (Å²) in [7, 11) is -2.69. The highest BCUT2D eigenvalue weighted by molar-refractivity contribution is 7.89. The van der Waals surface area contributed by atoms with Crippen LogP contribution in [0.4, 0.5) is 0 Å². The molecule has 1 aromatic rings. The van der Waals surface area contributed by atoms with E-state index >= 15 is 0 Å². The topological polar surface area (TPSA) is 93.2 Å². The summed E-state index contributed by atoms with van der Waals surface area (Å²) < 4.78 is 38.5. The Morgan fingerprint density at radius 3 is 2.55 bits per heavy atom. The van der Waals surface area contributed by atoms with Crippen molar-refractivity contribution in [2.75, 3.05) is 39.9 Å². The Morgan fingerprint density at radius 1 is 1.21 bits per heavy atom. The number of nitrogens with zero attached hydrogens (tertiary/aromatic N) is 2. The van der Waals surface area contributed by atoms with Crippen LogP contribution in [0.3, 0.4) is 0 Å². The smallest absolute Gasteiger partial charge is 0.321 e. The second-order valence-electron chi connectivity index (χ2n) is 8.18. The predicted molar refractivity (Wildman–Crippen MR) is 104 cm³/mol. The van der Waals surface area contributed by atoms with E-state index < -0.39 is 21.4 Å². The molecule has 29 heavy (non-hydrogen) atoms. The van der Waals surface area contributed by atoms with E-state index in [1.807, 2.05) is 4.90 Å². The molecule has 0 N–H and O–H groups in total. The van der Waals surface area contributed by atoms with Gasteiger partial charge in [0.1, 0.15) is 17.2 Å². The number of sulfonamides is 1. The van der Waals surface area contributed by atoms with Gasteiger partial charge in [0.05, 0.1) is 13.7 Å². The van der Waals surface area contributed by atoms with Gasteiger partial charge in [0.15, 0.2) is 0 Å². The van der Waals surface area contributed by atoms with Crippen molar-refractivity contribution in [1.82, 2.24) is 9.21 Å². The highest BCUT2D eigenvalue weighted by atomic mass is 32.2. The molecule has 0 aromatic heterocycles. The molecule has 9 heteroatoms. The standard InChI is InChI=1S/C20H26N2O6S/c1-27-18(23)12-22-13-20(8-10-21(11-9-20)19(24)15-6-7-15)14-28-16-4-2-3-5-17(16)29(22,25)26/h2-5,15H,6-14H2,1H3. The Balaban J connectivity index is 1.62. The minimum absolute atomic E-state index is 0.0556. The van der Waals surface area contributed by atoms with Crippen LogP contribution >= 0.6 is 0 Å². The fourth-order valence-corrected chi connectivity index (χ4v) is 5.73. The van der Waals surface area contributed by atoms with Crippen LogP contribution in [-0.2, 0) is 24.3 Å². The van der Waals surface area contributed by atoms with Gasteiger partial charge in [-0.1, -0.05) is 12.1 Å². The van der Waals surface area contributed by atoms with E-state index in [1.54, 1.807) is 18.2 Å². The highest BCUT2D eigenvalue weighted by Gasteiger charge is 2.45. The maximum absolute atomic E-state index is 13.3. The molecule has 2 aliphatic heterocycles. The highest BCUT2D eigenvalue weighted by Crippen LogP contribution is 2.40. The maximum atomic E-state index is 13.3. The summed E-state index contributed by atoms with van der Waals surface area (Å²) in [4.78, 5) is 26.3. The summed E-state index contributed by atoms with van der Waals surface area (Å²) in [6.45, 7) is 1.30. The molecular weight excluding hydrogens is 396 g/mol. The van der Waals surface area contributed by atoms with E-state index in [0.29, 0.717) is 32.5 Å². The van der Waals surface area contributed by atoms with Gasteiger partial charge in [-0.2, -0.15) is 4.31 Å². The molecule has 1 saturated carbocycles. The summed E-state index contributed by atoms with van der Waals surface area (Å²) in [5, 5.41) is 0. The number of hydrogen-bond acceptors (Lipinski definition) is 6. The zero-order valence-corrected chi connectivity index (χ0v) is 17.3. The summed E-state index contributed by atoms with van der Waals surface area (Å²) in [6.07, 6.45) is 3.18. The average molecular weight is 423 g/mol. The number of benzene rings is 1. The van der Waals surface area contributed by atoms with Crippen molar-refractivity contribution in [2.24, 2.45) is 11.3 Å². The quantitative estimate of drug-likeness (QED) is 0.681. The second-order valence-corrected chi connectivity index (χ2v) is 10.1. The SMILES string of the molecule is COC(=O)CN1CC2(CCN(C(=O)C3CC3)CC2)COc2ccccc2S1(=O)=O. The van der Waals surface area contributed by atoms with Gasteiger partial charge in [-0.15, -0.1) is 0 Å². The normalized spacial score (nSPS) is 23.4. The van der Waals surface area contributed by atoms with E-state index in [4.69, 9.17) is 9.47 Å². The van der Waals surface area contributed by atoms with Crippen LogP contribution in [0.2, 0.25) is 0 Å². The number of amides is 1. The minimum atomic E-state index is -3.93. The summed E-state index contributed by atoms with van der Waals surface area (Å²) in [5.41, 5.74) is -0.463. The molecule has 1 amide bonds. The van der Waals surface area contributed by atoms with E-state index in [-0.39, 0.29) is 35.6 Å². The van der Waals surface area contributed by atoms with Crippen molar-refractivity contribution in [1.29, 1.82) is 0 Å². The maximum Gasteiger partial charge on any atom is 0.321 e. The first-order chi connectivity index (χ1) is 13.8. The molecule has 2 fully saturated rings. The second kappa shape index (κ2) is 7.60. The largest absolute Gasteiger partial charge is 0.492 e. The lowest BCUT2D eigenvalue weighted by Gasteiger charge is -2.44. The van der Waals surface area contributed by atoms with Crippen molar-refractivity contribution in [3.8, 4) is 5.75 Å². The van der Waals surface area contributed by atoms with Crippen LogP contribution in [0.15, 0.2) is 29.2 Å². The summed E-state index contributed by atoms with van der Waals surface area (Å²) in [6, 6.07) is 6.48. The van der Waals surface area contributed by atoms with Crippen LogP contribution in [-0.4, -0.2) is 69.4 Å². The molecular formula is C20H26N2O6S. The Morgan fingerprint density at radius 2 is 1.90 bits per heavy atom. The number of para-hydroxylation sites is 1. The number of hydrogen-bond donors (Lipinski definition) is 0. The molecule has 158 valence electrons. The van der Waals surface area contributed by atoms with Crippen molar-refractivity contribution in [2.45, 2.75) is 30.6 Å². The van der Waals surface area contributed by atoms with Crippen LogP contribution in [0.1, 0.15) is 25.7 Å².